The van der Waals surface area contributed by atoms with Crippen LogP contribution < -0.4 is 11.1 Å². The maximum atomic E-state index is 12.4. The van der Waals surface area contributed by atoms with Crippen molar-refractivity contribution in [1.29, 1.82) is 0 Å². The Morgan fingerprint density at radius 1 is 1.08 bits per heavy atom. The van der Waals surface area contributed by atoms with Gasteiger partial charge in [0, 0.05) is 11.3 Å². The summed E-state index contributed by atoms with van der Waals surface area (Å²) in [6.07, 6.45) is 3.57. The van der Waals surface area contributed by atoms with Crippen LogP contribution in [0.2, 0.25) is 0 Å². The second-order valence-electron chi connectivity index (χ2n) is 6.50. The number of imidazole rings is 1. The van der Waals surface area contributed by atoms with Crippen LogP contribution in [0, 0.1) is 0 Å². The van der Waals surface area contributed by atoms with Gasteiger partial charge in [-0.25, -0.2) is 4.98 Å². The molecule has 2 aromatic carbocycles. The van der Waals surface area contributed by atoms with E-state index in [1.165, 1.54) is 0 Å². The van der Waals surface area contributed by atoms with Crippen molar-refractivity contribution >= 4 is 22.6 Å². The van der Waals surface area contributed by atoms with Gasteiger partial charge in [-0.15, -0.1) is 0 Å². The number of aromatic nitrogens is 2. The Morgan fingerprint density at radius 2 is 1.79 bits per heavy atom. The molecule has 1 fully saturated rings. The summed E-state index contributed by atoms with van der Waals surface area (Å²) in [5.41, 5.74) is 9.17. The number of nitrogens with zero attached hydrogens (tertiary/aromatic N) is 1. The molecule has 1 aromatic heterocycles. The van der Waals surface area contributed by atoms with Crippen LogP contribution in [-0.4, -0.2) is 21.4 Å². The van der Waals surface area contributed by atoms with E-state index < -0.39 is 5.54 Å². The Morgan fingerprint density at radius 3 is 2.50 bits per heavy atom. The third-order valence-electron chi connectivity index (χ3n) is 4.75. The molecule has 5 heteroatoms. The summed E-state index contributed by atoms with van der Waals surface area (Å²) < 4.78 is 0. The lowest BCUT2D eigenvalue weighted by atomic mass is 9.98. The molecule has 24 heavy (non-hydrogen) atoms. The van der Waals surface area contributed by atoms with Gasteiger partial charge in [0.1, 0.15) is 5.82 Å². The standard InChI is InChI=1S/C19H20N4O/c20-19(11-3-4-12-19)18(24)21-14-9-7-13(8-10-14)17-22-15-5-1-2-6-16(15)23-17/h1-2,5-10H,3-4,11-12,20H2,(H,21,24)(H,22,23). The maximum Gasteiger partial charge on any atom is 0.244 e. The van der Waals surface area contributed by atoms with Crippen molar-refractivity contribution in [1.82, 2.24) is 9.97 Å². The van der Waals surface area contributed by atoms with Crippen molar-refractivity contribution in [3.05, 3.63) is 48.5 Å². The Bertz CT molecular complexity index is 843. The molecule has 0 unspecified atom stereocenters. The Balaban J connectivity index is 1.53. The number of nitrogens with two attached hydrogens (primary N) is 1. The highest BCUT2D eigenvalue weighted by Crippen LogP contribution is 2.29. The minimum Gasteiger partial charge on any atom is -0.338 e. The number of rotatable bonds is 3. The highest BCUT2D eigenvalue weighted by molar-refractivity contribution is 5.98. The second-order valence-corrected chi connectivity index (χ2v) is 6.50. The van der Waals surface area contributed by atoms with Gasteiger partial charge in [-0.1, -0.05) is 25.0 Å². The van der Waals surface area contributed by atoms with Crippen LogP contribution in [-0.2, 0) is 4.79 Å². The third kappa shape index (κ3) is 2.67. The molecule has 0 atom stereocenters. The second kappa shape index (κ2) is 5.76. The largest absolute Gasteiger partial charge is 0.338 e. The predicted octanol–water partition coefficient (Wildman–Crippen LogP) is 3.44. The lowest BCUT2D eigenvalue weighted by molar-refractivity contribution is -0.121. The van der Waals surface area contributed by atoms with Crippen molar-refractivity contribution in [2.24, 2.45) is 5.73 Å². The van der Waals surface area contributed by atoms with E-state index >= 15 is 0 Å². The molecule has 1 heterocycles. The van der Waals surface area contributed by atoms with Crippen molar-refractivity contribution < 1.29 is 4.79 Å². The van der Waals surface area contributed by atoms with Gasteiger partial charge < -0.3 is 16.0 Å². The van der Waals surface area contributed by atoms with Gasteiger partial charge >= 0.3 is 0 Å². The zero-order chi connectivity index (χ0) is 16.6. The number of hydrogen-bond donors (Lipinski definition) is 3. The molecule has 1 aliphatic rings. The number of para-hydroxylation sites is 2. The molecular formula is C19H20N4O. The number of fused-ring (bicyclic) bond motifs is 1. The fourth-order valence-corrected chi connectivity index (χ4v) is 3.29. The van der Waals surface area contributed by atoms with E-state index in [2.05, 4.69) is 15.3 Å². The summed E-state index contributed by atoms with van der Waals surface area (Å²) >= 11 is 0. The highest BCUT2D eigenvalue weighted by Gasteiger charge is 2.36. The molecule has 4 N–H and O–H groups in total. The quantitative estimate of drug-likeness (QED) is 0.691. The molecule has 0 radical (unpaired) electrons. The van der Waals surface area contributed by atoms with Crippen LogP contribution in [0.15, 0.2) is 48.5 Å². The van der Waals surface area contributed by atoms with Crippen LogP contribution in [0.5, 0.6) is 0 Å². The molecule has 1 saturated carbocycles. The topological polar surface area (TPSA) is 83.8 Å². The van der Waals surface area contributed by atoms with Crippen LogP contribution in [0.1, 0.15) is 25.7 Å². The Hall–Kier alpha value is -2.66. The minimum atomic E-state index is -0.711. The third-order valence-corrected chi connectivity index (χ3v) is 4.75. The van der Waals surface area contributed by atoms with Crippen LogP contribution in [0.25, 0.3) is 22.4 Å². The average Bonchev–Trinajstić information content (AvgIpc) is 3.22. The first-order valence-electron chi connectivity index (χ1n) is 8.30. The molecule has 1 aliphatic carbocycles. The number of hydrogen-bond acceptors (Lipinski definition) is 3. The van der Waals surface area contributed by atoms with E-state index in [9.17, 15) is 4.79 Å². The summed E-state index contributed by atoms with van der Waals surface area (Å²) in [7, 11) is 0. The molecule has 1 amide bonds. The van der Waals surface area contributed by atoms with Crippen molar-refractivity contribution in [3.8, 4) is 11.4 Å². The van der Waals surface area contributed by atoms with E-state index in [4.69, 9.17) is 5.73 Å². The first kappa shape index (κ1) is 14.9. The van der Waals surface area contributed by atoms with Crippen molar-refractivity contribution in [3.63, 3.8) is 0 Å². The molecule has 4 rings (SSSR count). The highest BCUT2D eigenvalue weighted by atomic mass is 16.2. The lowest BCUT2D eigenvalue weighted by Gasteiger charge is -2.22. The minimum absolute atomic E-state index is 0.0866. The molecule has 122 valence electrons. The molecule has 0 aliphatic heterocycles. The van der Waals surface area contributed by atoms with Gasteiger partial charge in [0.05, 0.1) is 16.6 Å². The van der Waals surface area contributed by atoms with E-state index in [0.717, 1.165) is 53.8 Å². The van der Waals surface area contributed by atoms with E-state index in [0.29, 0.717) is 0 Å². The van der Waals surface area contributed by atoms with Crippen molar-refractivity contribution in [2.75, 3.05) is 5.32 Å². The molecule has 5 nitrogen and oxygen atoms in total. The zero-order valence-corrected chi connectivity index (χ0v) is 13.4. The van der Waals surface area contributed by atoms with Crippen molar-refractivity contribution in [2.45, 2.75) is 31.2 Å². The number of anilines is 1. The molecule has 0 bridgehead atoms. The summed E-state index contributed by atoms with van der Waals surface area (Å²) in [6.45, 7) is 0. The van der Waals surface area contributed by atoms with Gasteiger partial charge in [-0.2, -0.15) is 0 Å². The fraction of sp³-hybridized carbons (Fsp3) is 0.263. The summed E-state index contributed by atoms with van der Waals surface area (Å²) in [5, 5.41) is 2.94. The fourth-order valence-electron chi connectivity index (χ4n) is 3.29. The zero-order valence-electron chi connectivity index (χ0n) is 13.4. The van der Waals surface area contributed by atoms with Gasteiger partial charge in [0.2, 0.25) is 5.91 Å². The first-order valence-corrected chi connectivity index (χ1v) is 8.30. The van der Waals surface area contributed by atoms with Gasteiger partial charge in [-0.05, 0) is 49.2 Å². The number of amides is 1. The number of H-pyrrole nitrogens is 1. The van der Waals surface area contributed by atoms with Crippen LogP contribution in [0.4, 0.5) is 5.69 Å². The summed E-state index contributed by atoms with van der Waals surface area (Å²) in [4.78, 5) is 20.2. The predicted molar refractivity (Wildman–Crippen MR) is 95.5 cm³/mol. The average molecular weight is 320 g/mol. The van der Waals surface area contributed by atoms with Gasteiger partial charge in [0.25, 0.3) is 0 Å². The van der Waals surface area contributed by atoms with Gasteiger partial charge in [-0.3, -0.25) is 4.79 Å². The van der Waals surface area contributed by atoms with Crippen LogP contribution in [0.3, 0.4) is 0 Å². The first-order chi connectivity index (χ1) is 11.6. The van der Waals surface area contributed by atoms with E-state index in [1.54, 1.807) is 0 Å². The summed E-state index contributed by atoms with van der Waals surface area (Å²) in [6, 6.07) is 15.6. The normalized spacial score (nSPS) is 16.4. The lowest BCUT2D eigenvalue weighted by Crippen LogP contribution is -2.48. The Kier molecular flexibility index (Phi) is 3.58. The number of benzene rings is 2. The smallest absolute Gasteiger partial charge is 0.244 e. The maximum absolute atomic E-state index is 12.4. The van der Waals surface area contributed by atoms with Gasteiger partial charge in [0.15, 0.2) is 0 Å². The number of carbonyl (C=O) groups excluding carboxylic acids is 1. The molecule has 0 spiro atoms. The number of aromatic amines is 1. The van der Waals surface area contributed by atoms with E-state index in [-0.39, 0.29) is 5.91 Å². The Labute approximate surface area is 140 Å². The summed E-state index contributed by atoms with van der Waals surface area (Å²) in [5.74, 6) is 0.733. The molecular weight excluding hydrogens is 300 g/mol. The number of carbonyl (C=O) groups is 1. The SMILES string of the molecule is NC1(C(=O)Nc2ccc(-c3nc4ccccc4[nH]3)cc2)CCCC1. The molecule has 3 aromatic rings. The molecule has 0 saturated heterocycles. The monoisotopic (exact) mass is 320 g/mol. The van der Waals surface area contributed by atoms with Crippen LogP contribution >= 0.6 is 0 Å². The van der Waals surface area contributed by atoms with E-state index in [1.807, 2.05) is 48.5 Å². The number of nitrogens with one attached hydrogen (secondary N) is 2.